The number of likely N-dealkylation sites (tertiary alicyclic amines) is 1. The highest BCUT2D eigenvalue weighted by molar-refractivity contribution is 6.04. The molecule has 2 atom stereocenters. The molecular formula is C22H32N4O3. The molecule has 1 amide bonds. The standard InChI is InChI=1S/C22H32N4O3/c1-24(11-12-28-3)14-17-13-22(29-15-17)9-6-10-26(16-22)21(27)20-18-7-4-5-8-19(18)25(2)23-20/h4-5,7-8,17H,6,9-16H2,1-3H3. The lowest BCUT2D eigenvalue weighted by molar-refractivity contribution is -0.0451. The Hall–Kier alpha value is -1.96. The first-order chi connectivity index (χ1) is 14.0. The van der Waals surface area contributed by atoms with Crippen molar-refractivity contribution in [1.29, 1.82) is 0 Å². The molecule has 2 fully saturated rings. The highest BCUT2D eigenvalue weighted by Gasteiger charge is 2.45. The summed E-state index contributed by atoms with van der Waals surface area (Å²) in [5, 5.41) is 5.45. The Morgan fingerprint density at radius 2 is 2.24 bits per heavy atom. The monoisotopic (exact) mass is 400 g/mol. The van der Waals surface area contributed by atoms with Crippen LogP contribution in [0.2, 0.25) is 0 Å². The van der Waals surface area contributed by atoms with E-state index in [4.69, 9.17) is 9.47 Å². The Morgan fingerprint density at radius 3 is 3.07 bits per heavy atom. The van der Waals surface area contributed by atoms with Gasteiger partial charge in [0.25, 0.3) is 5.91 Å². The van der Waals surface area contributed by atoms with Crippen LogP contribution in [0.15, 0.2) is 24.3 Å². The third kappa shape index (κ3) is 4.17. The molecule has 158 valence electrons. The number of aromatic nitrogens is 2. The topological polar surface area (TPSA) is 59.8 Å². The van der Waals surface area contributed by atoms with Crippen molar-refractivity contribution in [3.8, 4) is 0 Å². The lowest BCUT2D eigenvalue weighted by atomic mass is 9.86. The fraction of sp³-hybridized carbons (Fsp3) is 0.636. The van der Waals surface area contributed by atoms with Gasteiger partial charge in [-0.15, -0.1) is 0 Å². The van der Waals surface area contributed by atoms with Gasteiger partial charge in [0.1, 0.15) is 0 Å². The average Bonchev–Trinajstić information content (AvgIpc) is 3.27. The Labute approximate surface area is 172 Å². The number of hydrogen-bond donors (Lipinski definition) is 0. The first-order valence-corrected chi connectivity index (χ1v) is 10.5. The van der Waals surface area contributed by atoms with Gasteiger partial charge in [0.15, 0.2) is 5.69 Å². The van der Waals surface area contributed by atoms with E-state index in [2.05, 4.69) is 17.0 Å². The Morgan fingerprint density at radius 1 is 1.41 bits per heavy atom. The number of carbonyl (C=O) groups is 1. The largest absolute Gasteiger partial charge is 0.383 e. The van der Waals surface area contributed by atoms with Gasteiger partial charge < -0.3 is 19.3 Å². The van der Waals surface area contributed by atoms with E-state index in [1.54, 1.807) is 11.8 Å². The molecule has 7 nitrogen and oxygen atoms in total. The Balaban J connectivity index is 1.44. The number of carbonyl (C=O) groups excluding carboxylic acids is 1. The quantitative estimate of drug-likeness (QED) is 0.744. The van der Waals surface area contributed by atoms with Crippen LogP contribution in [0.4, 0.5) is 0 Å². The molecule has 2 unspecified atom stereocenters. The van der Waals surface area contributed by atoms with E-state index in [9.17, 15) is 4.79 Å². The van der Waals surface area contributed by atoms with Crippen LogP contribution in [-0.4, -0.2) is 84.6 Å². The highest BCUT2D eigenvalue weighted by Crippen LogP contribution is 2.38. The van der Waals surface area contributed by atoms with Crippen molar-refractivity contribution in [1.82, 2.24) is 19.6 Å². The summed E-state index contributed by atoms with van der Waals surface area (Å²) in [5.41, 5.74) is 1.33. The summed E-state index contributed by atoms with van der Waals surface area (Å²) in [7, 11) is 5.76. The number of methoxy groups -OCH3 is 1. The van der Waals surface area contributed by atoms with Crippen LogP contribution in [0.3, 0.4) is 0 Å². The molecule has 2 aliphatic heterocycles. The number of benzene rings is 1. The van der Waals surface area contributed by atoms with Crippen molar-refractivity contribution < 1.29 is 14.3 Å². The predicted octanol–water partition coefficient (Wildman–Crippen LogP) is 2.16. The van der Waals surface area contributed by atoms with E-state index in [-0.39, 0.29) is 11.5 Å². The number of likely N-dealkylation sites (N-methyl/N-ethyl adjacent to an activating group) is 1. The number of para-hydroxylation sites is 1. The lowest BCUT2D eigenvalue weighted by Gasteiger charge is -2.39. The SMILES string of the molecule is COCCN(C)CC1COC2(CCCN(C(=O)c3nn(C)c4ccccc34)C2)C1. The van der Waals surface area contributed by atoms with Crippen molar-refractivity contribution in [2.24, 2.45) is 13.0 Å². The lowest BCUT2D eigenvalue weighted by Crippen LogP contribution is -2.50. The second kappa shape index (κ2) is 8.42. The number of fused-ring (bicyclic) bond motifs is 1. The van der Waals surface area contributed by atoms with Gasteiger partial charge in [-0.05, 0) is 38.3 Å². The molecule has 0 radical (unpaired) electrons. The maximum absolute atomic E-state index is 13.3. The molecule has 7 heteroatoms. The number of amides is 1. The van der Waals surface area contributed by atoms with Crippen molar-refractivity contribution in [2.75, 3.05) is 53.6 Å². The van der Waals surface area contributed by atoms with Gasteiger partial charge in [-0.3, -0.25) is 9.48 Å². The van der Waals surface area contributed by atoms with Gasteiger partial charge in [0.05, 0.1) is 30.9 Å². The first-order valence-electron chi connectivity index (χ1n) is 10.5. The molecule has 3 heterocycles. The number of ether oxygens (including phenoxy) is 2. The number of aryl methyl sites for hydroxylation is 1. The van der Waals surface area contributed by atoms with Gasteiger partial charge in [-0.2, -0.15) is 5.10 Å². The normalized spacial score (nSPS) is 24.8. The van der Waals surface area contributed by atoms with Crippen LogP contribution in [0, 0.1) is 5.92 Å². The molecular weight excluding hydrogens is 368 g/mol. The second-order valence-electron chi connectivity index (χ2n) is 8.64. The van der Waals surface area contributed by atoms with E-state index in [0.29, 0.717) is 18.2 Å². The third-order valence-corrected chi connectivity index (χ3v) is 6.32. The summed E-state index contributed by atoms with van der Waals surface area (Å²) in [6, 6.07) is 7.92. The molecule has 0 aliphatic carbocycles. The van der Waals surface area contributed by atoms with Gasteiger partial charge in [-0.1, -0.05) is 18.2 Å². The fourth-order valence-corrected chi connectivity index (χ4v) is 4.91. The first kappa shape index (κ1) is 20.3. The summed E-state index contributed by atoms with van der Waals surface area (Å²) in [5.74, 6) is 0.521. The molecule has 2 aliphatic rings. The minimum atomic E-state index is -0.203. The van der Waals surface area contributed by atoms with Gasteiger partial charge in [-0.25, -0.2) is 0 Å². The zero-order valence-electron chi connectivity index (χ0n) is 17.8. The van der Waals surface area contributed by atoms with Crippen LogP contribution < -0.4 is 0 Å². The van der Waals surface area contributed by atoms with Crippen molar-refractivity contribution in [2.45, 2.75) is 24.9 Å². The molecule has 29 heavy (non-hydrogen) atoms. The molecule has 4 rings (SSSR count). The molecule has 0 saturated carbocycles. The molecule has 1 aromatic heterocycles. The van der Waals surface area contributed by atoms with Gasteiger partial charge in [0.2, 0.25) is 0 Å². The predicted molar refractivity (Wildman–Crippen MR) is 112 cm³/mol. The van der Waals surface area contributed by atoms with E-state index >= 15 is 0 Å². The zero-order chi connectivity index (χ0) is 20.4. The van der Waals surface area contributed by atoms with Crippen molar-refractivity contribution in [3.63, 3.8) is 0 Å². The molecule has 1 spiro atoms. The molecule has 0 bridgehead atoms. The Bertz CT molecular complexity index is 867. The fourth-order valence-electron chi connectivity index (χ4n) is 4.91. The molecule has 0 N–H and O–H groups in total. The van der Waals surface area contributed by atoms with Crippen LogP contribution in [0.25, 0.3) is 10.9 Å². The smallest absolute Gasteiger partial charge is 0.275 e. The van der Waals surface area contributed by atoms with E-state index < -0.39 is 0 Å². The number of piperidine rings is 1. The zero-order valence-corrected chi connectivity index (χ0v) is 17.8. The number of nitrogens with zero attached hydrogens (tertiary/aromatic N) is 4. The van der Waals surface area contributed by atoms with Gasteiger partial charge >= 0.3 is 0 Å². The summed E-state index contributed by atoms with van der Waals surface area (Å²) in [4.78, 5) is 17.6. The van der Waals surface area contributed by atoms with E-state index in [1.807, 2.05) is 36.2 Å². The summed E-state index contributed by atoms with van der Waals surface area (Å²) < 4.78 is 13.3. The minimum absolute atomic E-state index is 0.0186. The number of hydrogen-bond acceptors (Lipinski definition) is 5. The highest BCUT2D eigenvalue weighted by atomic mass is 16.5. The molecule has 2 aromatic rings. The number of rotatable bonds is 6. The van der Waals surface area contributed by atoms with Crippen LogP contribution >= 0.6 is 0 Å². The maximum atomic E-state index is 13.3. The van der Waals surface area contributed by atoms with E-state index in [1.165, 1.54) is 0 Å². The van der Waals surface area contributed by atoms with Crippen molar-refractivity contribution in [3.05, 3.63) is 30.0 Å². The second-order valence-corrected chi connectivity index (χ2v) is 8.64. The summed E-state index contributed by atoms with van der Waals surface area (Å²) >= 11 is 0. The molecule has 1 aromatic carbocycles. The average molecular weight is 401 g/mol. The third-order valence-electron chi connectivity index (χ3n) is 6.32. The minimum Gasteiger partial charge on any atom is -0.383 e. The Kier molecular flexibility index (Phi) is 5.90. The summed E-state index contributed by atoms with van der Waals surface area (Å²) in [6.45, 7) is 4.88. The maximum Gasteiger partial charge on any atom is 0.275 e. The van der Waals surface area contributed by atoms with Gasteiger partial charge in [0, 0.05) is 39.2 Å². The van der Waals surface area contributed by atoms with Crippen LogP contribution in [-0.2, 0) is 16.5 Å². The van der Waals surface area contributed by atoms with Crippen LogP contribution in [0.1, 0.15) is 29.8 Å². The van der Waals surface area contributed by atoms with Crippen LogP contribution in [0.5, 0.6) is 0 Å². The summed E-state index contributed by atoms with van der Waals surface area (Å²) in [6.07, 6.45) is 3.01. The molecule has 2 saturated heterocycles. The van der Waals surface area contributed by atoms with E-state index in [0.717, 1.165) is 63.0 Å². The van der Waals surface area contributed by atoms with Crippen molar-refractivity contribution >= 4 is 16.8 Å².